The number of fused-ring (bicyclic) bond motifs is 6. The van der Waals surface area contributed by atoms with Crippen molar-refractivity contribution in [1.82, 2.24) is 25.1 Å². The number of likely N-dealkylation sites (tertiary alicyclic amines) is 2. The van der Waals surface area contributed by atoms with E-state index >= 15 is 0 Å². The summed E-state index contributed by atoms with van der Waals surface area (Å²) in [6, 6.07) is 13.7. The molecule has 0 spiro atoms. The Bertz CT molecular complexity index is 2260. The molecule has 4 atom stereocenters. The zero-order valence-corrected chi connectivity index (χ0v) is 33.8. The maximum absolute atomic E-state index is 14.0. The van der Waals surface area contributed by atoms with Crippen molar-refractivity contribution >= 4 is 40.3 Å². The van der Waals surface area contributed by atoms with Crippen LogP contribution in [0.4, 0.5) is 15.3 Å². The van der Waals surface area contributed by atoms with E-state index in [1.54, 1.807) is 4.90 Å². The highest BCUT2D eigenvalue weighted by Gasteiger charge is 2.43. The fourth-order valence-electron chi connectivity index (χ4n) is 8.72. The molecule has 4 aliphatic heterocycles. The number of aliphatic imine (C=N–C) groups is 1. The Morgan fingerprint density at radius 3 is 2.63 bits per heavy atom. The van der Waals surface area contributed by atoms with Gasteiger partial charge in [0.1, 0.15) is 29.8 Å². The zero-order chi connectivity index (χ0) is 40.2. The quantitative estimate of drug-likeness (QED) is 0.184. The van der Waals surface area contributed by atoms with Gasteiger partial charge in [-0.15, -0.1) is 0 Å². The van der Waals surface area contributed by atoms with E-state index < -0.39 is 17.7 Å². The molecule has 13 nitrogen and oxygen atoms in total. The Labute approximate surface area is 333 Å². The van der Waals surface area contributed by atoms with Gasteiger partial charge in [0.25, 0.3) is 0 Å². The molecular formula is C44H52N6O7. The lowest BCUT2D eigenvalue weighted by atomic mass is 9.90. The normalized spacial score (nSPS) is 20.5. The molecule has 4 aliphatic rings. The van der Waals surface area contributed by atoms with Crippen LogP contribution in [0.25, 0.3) is 33.2 Å². The first kappa shape index (κ1) is 38.4. The summed E-state index contributed by atoms with van der Waals surface area (Å²) >= 11 is 0. The van der Waals surface area contributed by atoms with E-state index in [1.165, 1.54) is 7.11 Å². The number of benzene rings is 3. The fourth-order valence-corrected chi connectivity index (χ4v) is 8.72. The molecule has 57 heavy (non-hydrogen) atoms. The second-order valence-electron chi connectivity index (χ2n) is 16.8. The molecule has 3 aromatic carbocycles. The summed E-state index contributed by atoms with van der Waals surface area (Å²) in [5.41, 5.74) is 7.46. The number of methoxy groups -OCH3 is 1. The van der Waals surface area contributed by atoms with Crippen LogP contribution in [0, 0.1) is 5.92 Å². The number of nitrogens with zero attached hydrogens (tertiary/aromatic N) is 4. The molecule has 5 heterocycles. The van der Waals surface area contributed by atoms with Crippen molar-refractivity contribution in [1.29, 1.82) is 0 Å². The first-order chi connectivity index (χ1) is 27.3. The van der Waals surface area contributed by atoms with Crippen molar-refractivity contribution in [3.8, 4) is 28.1 Å². The summed E-state index contributed by atoms with van der Waals surface area (Å²) in [5, 5.41) is 4.91. The highest BCUT2D eigenvalue weighted by Crippen LogP contribution is 2.45. The Balaban J connectivity index is 1.03. The second-order valence-corrected chi connectivity index (χ2v) is 16.8. The van der Waals surface area contributed by atoms with Crippen LogP contribution >= 0.6 is 0 Å². The van der Waals surface area contributed by atoms with E-state index in [9.17, 15) is 14.4 Å². The van der Waals surface area contributed by atoms with E-state index in [0.717, 1.165) is 80.1 Å². The van der Waals surface area contributed by atoms with Crippen LogP contribution in [0.15, 0.2) is 53.7 Å². The van der Waals surface area contributed by atoms with Crippen molar-refractivity contribution < 1.29 is 33.3 Å². The summed E-state index contributed by atoms with van der Waals surface area (Å²) in [6.07, 6.45) is 3.71. The molecule has 0 radical (unpaired) electrons. The molecule has 0 saturated carbocycles. The second kappa shape index (κ2) is 15.1. The van der Waals surface area contributed by atoms with Gasteiger partial charge in [-0.3, -0.25) is 14.7 Å². The number of aromatic nitrogens is 2. The van der Waals surface area contributed by atoms with Gasteiger partial charge in [0.15, 0.2) is 0 Å². The largest absolute Gasteiger partial charge is 0.488 e. The van der Waals surface area contributed by atoms with Crippen LogP contribution in [-0.4, -0.2) is 94.2 Å². The number of rotatable bonds is 8. The summed E-state index contributed by atoms with van der Waals surface area (Å²) in [5.74, 6) is 1.27. The number of alkyl carbamates (subject to hydrolysis) is 1. The van der Waals surface area contributed by atoms with Gasteiger partial charge in [-0.1, -0.05) is 32.0 Å². The summed E-state index contributed by atoms with van der Waals surface area (Å²) in [6.45, 7) is 13.5. The van der Waals surface area contributed by atoms with Crippen LogP contribution < -0.4 is 10.1 Å². The highest BCUT2D eigenvalue weighted by atomic mass is 16.6. The molecule has 1 unspecified atom stereocenters. The van der Waals surface area contributed by atoms with E-state index in [-0.39, 0.29) is 36.1 Å². The lowest BCUT2D eigenvalue weighted by molar-refractivity contribution is -0.134. The highest BCUT2D eigenvalue weighted by molar-refractivity contribution is 6.06. The van der Waals surface area contributed by atoms with Gasteiger partial charge in [-0.25, -0.2) is 14.6 Å². The van der Waals surface area contributed by atoms with Crippen LogP contribution in [-0.2, 0) is 32.0 Å². The van der Waals surface area contributed by atoms with Gasteiger partial charge in [0, 0.05) is 43.8 Å². The number of H-pyrrole nitrogens is 1. The van der Waals surface area contributed by atoms with Gasteiger partial charge >= 0.3 is 12.2 Å². The standard InChI is InChI=1S/C44H52N6O7/c1-8-55-28-18-37(50(22-28)41(51)39(24(2)3)48-42(52)54-7)34-19-31-30-20-38-32(17-25(30)12-14-33(31)46-34)29-13-11-26(16-27(29)23-56-38)35-21-45-40(47-35)36-10-9-15-49(36)43(53)57-44(4,5)6/h11-14,16-17,20-21,24,28,36-37,39H,8-10,15,18-19,22-23H2,1-7H3,(H,45,47)(H,48,52)/t28?,36-,37-,39-/m0/s1. The molecule has 3 amide bonds. The SMILES string of the molecule is CCOC1C[C@@H](C2=Nc3ccc4cc5c(cc4c3C2)OCc2cc(-c3cnc([C@@H]4CCCN4C(=O)OC(C)(C)C)[nH]3)ccc2-5)N(C(=O)[C@@H](NC(=O)OC)C(C)C)C1. The predicted octanol–water partition coefficient (Wildman–Crippen LogP) is 7.88. The van der Waals surface area contributed by atoms with E-state index in [4.69, 9.17) is 28.9 Å². The average molecular weight is 777 g/mol. The Hall–Kier alpha value is -5.43. The Kier molecular flexibility index (Phi) is 10.2. The van der Waals surface area contributed by atoms with Gasteiger partial charge in [0.2, 0.25) is 5.91 Å². The minimum atomic E-state index is -0.737. The minimum Gasteiger partial charge on any atom is -0.488 e. The molecule has 2 saturated heterocycles. The summed E-state index contributed by atoms with van der Waals surface area (Å²) in [7, 11) is 1.30. The van der Waals surface area contributed by atoms with E-state index in [2.05, 4.69) is 52.8 Å². The number of imidazole rings is 1. The lowest BCUT2D eigenvalue weighted by Crippen LogP contribution is -2.54. The third kappa shape index (κ3) is 7.45. The van der Waals surface area contributed by atoms with Crippen molar-refractivity contribution in [2.45, 2.75) is 104 Å². The Morgan fingerprint density at radius 2 is 1.88 bits per heavy atom. The van der Waals surface area contributed by atoms with E-state index in [1.807, 2.05) is 52.6 Å². The average Bonchev–Trinajstić information content (AvgIpc) is 4.01. The topological polar surface area (TPSA) is 148 Å². The first-order valence-electron chi connectivity index (χ1n) is 20.1. The maximum atomic E-state index is 14.0. The van der Waals surface area contributed by atoms with Gasteiger partial charge in [-0.2, -0.15) is 0 Å². The number of carbonyl (C=O) groups excluding carboxylic acids is 3. The van der Waals surface area contributed by atoms with E-state index in [0.29, 0.717) is 39.1 Å². The number of carbonyl (C=O) groups is 3. The Morgan fingerprint density at radius 1 is 1.05 bits per heavy atom. The molecular weight excluding hydrogens is 725 g/mol. The van der Waals surface area contributed by atoms with Crippen molar-refractivity contribution in [3.05, 3.63) is 65.6 Å². The van der Waals surface area contributed by atoms with Crippen LogP contribution in [0.3, 0.4) is 0 Å². The van der Waals surface area contributed by atoms with Crippen LogP contribution in [0.2, 0.25) is 0 Å². The third-order valence-corrected chi connectivity index (χ3v) is 11.4. The maximum Gasteiger partial charge on any atom is 0.410 e. The summed E-state index contributed by atoms with van der Waals surface area (Å²) < 4.78 is 23.0. The molecule has 0 aliphatic carbocycles. The molecule has 13 heteroatoms. The van der Waals surface area contributed by atoms with Gasteiger partial charge in [-0.05, 0) is 104 Å². The molecule has 0 bridgehead atoms. The molecule has 2 N–H and O–H groups in total. The number of hydrogen-bond acceptors (Lipinski definition) is 9. The summed E-state index contributed by atoms with van der Waals surface area (Å²) in [4.78, 5) is 56.1. The van der Waals surface area contributed by atoms with Crippen LogP contribution in [0.1, 0.15) is 83.8 Å². The zero-order valence-electron chi connectivity index (χ0n) is 33.8. The molecule has 8 rings (SSSR count). The molecule has 1 aromatic heterocycles. The first-order valence-corrected chi connectivity index (χ1v) is 20.1. The predicted molar refractivity (Wildman–Crippen MR) is 217 cm³/mol. The fraction of sp³-hybridized carbons (Fsp3) is 0.477. The number of aromatic amines is 1. The number of nitrogens with one attached hydrogen (secondary N) is 2. The lowest BCUT2D eigenvalue weighted by Gasteiger charge is -2.30. The van der Waals surface area contributed by atoms with Gasteiger partial charge in [0.05, 0.1) is 42.9 Å². The smallest absolute Gasteiger partial charge is 0.410 e. The minimum absolute atomic E-state index is 0.129. The molecule has 4 aromatic rings. The van der Waals surface area contributed by atoms with Crippen LogP contribution in [0.5, 0.6) is 5.75 Å². The van der Waals surface area contributed by atoms with Crippen molar-refractivity contribution in [2.24, 2.45) is 10.9 Å². The molecule has 300 valence electrons. The monoisotopic (exact) mass is 776 g/mol. The van der Waals surface area contributed by atoms with Crippen molar-refractivity contribution in [3.63, 3.8) is 0 Å². The van der Waals surface area contributed by atoms with Crippen molar-refractivity contribution in [2.75, 3.05) is 26.8 Å². The number of ether oxygens (including phenoxy) is 4. The number of amides is 3. The molecule has 2 fully saturated rings. The number of hydrogen-bond donors (Lipinski definition) is 2. The third-order valence-electron chi connectivity index (χ3n) is 11.4. The van der Waals surface area contributed by atoms with Gasteiger partial charge < -0.3 is 34.1 Å².